The normalized spacial score (nSPS) is 25.4. The van der Waals surface area contributed by atoms with Gasteiger partial charge in [-0.25, -0.2) is 4.79 Å². The third kappa shape index (κ3) is 3.42. The molecule has 0 spiro atoms. The summed E-state index contributed by atoms with van der Waals surface area (Å²) in [6.07, 6.45) is 3.49. The van der Waals surface area contributed by atoms with Crippen LogP contribution in [-0.4, -0.2) is 31.1 Å². The Hall–Kier alpha value is -1.59. The van der Waals surface area contributed by atoms with Gasteiger partial charge >= 0.3 is 5.97 Å². The van der Waals surface area contributed by atoms with Gasteiger partial charge in [0.25, 0.3) is 0 Å². The van der Waals surface area contributed by atoms with Gasteiger partial charge in [0.15, 0.2) is 0 Å². The number of esters is 1. The van der Waals surface area contributed by atoms with E-state index in [1.54, 1.807) is 12.1 Å². The first-order valence-electron chi connectivity index (χ1n) is 7.38. The van der Waals surface area contributed by atoms with E-state index >= 15 is 0 Å². The Morgan fingerprint density at radius 1 is 1.27 bits per heavy atom. The second-order valence-electron chi connectivity index (χ2n) is 5.82. The number of carbonyl (C=O) groups is 2. The van der Waals surface area contributed by atoms with Gasteiger partial charge in [0.05, 0.1) is 18.7 Å². The molecule has 1 amide bonds. The minimum absolute atomic E-state index is 0. The number of rotatable bonds is 4. The molecule has 1 saturated heterocycles. The Morgan fingerprint density at radius 3 is 2.55 bits per heavy atom. The third-order valence-electron chi connectivity index (χ3n) is 4.48. The number of methoxy groups -OCH3 is 1. The number of fused-ring (bicyclic) bond motifs is 2. The van der Waals surface area contributed by atoms with E-state index < -0.39 is 0 Å². The number of ether oxygens (including phenoxy) is 1. The summed E-state index contributed by atoms with van der Waals surface area (Å²) in [7, 11) is 1.36. The van der Waals surface area contributed by atoms with Crippen LogP contribution >= 0.6 is 12.4 Å². The SMILES string of the molecule is COC(=O)c1ccc(CNC(=O)[C@@H]2N[C@@H]3CC[C@@H]2C3)cc1.Cl. The molecule has 3 rings (SSSR count). The van der Waals surface area contributed by atoms with Gasteiger partial charge in [0.1, 0.15) is 0 Å². The summed E-state index contributed by atoms with van der Waals surface area (Å²) in [4.78, 5) is 23.5. The second-order valence-corrected chi connectivity index (χ2v) is 5.82. The Kier molecular flexibility index (Phi) is 5.42. The van der Waals surface area contributed by atoms with Gasteiger partial charge in [-0.05, 0) is 42.9 Å². The third-order valence-corrected chi connectivity index (χ3v) is 4.48. The maximum Gasteiger partial charge on any atom is 0.337 e. The Balaban J connectivity index is 0.00000176. The van der Waals surface area contributed by atoms with Gasteiger partial charge in [0.2, 0.25) is 5.91 Å². The quantitative estimate of drug-likeness (QED) is 0.826. The highest BCUT2D eigenvalue weighted by molar-refractivity contribution is 5.89. The van der Waals surface area contributed by atoms with Crippen molar-refractivity contribution < 1.29 is 14.3 Å². The minimum Gasteiger partial charge on any atom is -0.465 e. The van der Waals surface area contributed by atoms with E-state index in [1.807, 2.05) is 12.1 Å². The number of nitrogens with one attached hydrogen (secondary N) is 2. The molecule has 0 radical (unpaired) electrons. The van der Waals surface area contributed by atoms with Crippen LogP contribution in [0, 0.1) is 5.92 Å². The molecule has 2 N–H and O–H groups in total. The van der Waals surface area contributed by atoms with Crippen molar-refractivity contribution in [3.63, 3.8) is 0 Å². The summed E-state index contributed by atoms with van der Waals surface area (Å²) in [6, 6.07) is 7.59. The average Bonchev–Trinajstić information content (AvgIpc) is 3.15. The van der Waals surface area contributed by atoms with Crippen molar-refractivity contribution in [3.05, 3.63) is 35.4 Å². The predicted molar refractivity (Wildman–Crippen MR) is 84.9 cm³/mol. The number of piperidine rings is 1. The topological polar surface area (TPSA) is 67.4 Å². The van der Waals surface area contributed by atoms with E-state index in [1.165, 1.54) is 13.5 Å². The van der Waals surface area contributed by atoms with Crippen LogP contribution < -0.4 is 10.6 Å². The summed E-state index contributed by atoms with van der Waals surface area (Å²) < 4.78 is 4.65. The highest BCUT2D eigenvalue weighted by Crippen LogP contribution is 2.35. The molecule has 1 heterocycles. The molecule has 1 aromatic carbocycles. The van der Waals surface area contributed by atoms with Crippen LogP contribution in [0.15, 0.2) is 24.3 Å². The van der Waals surface area contributed by atoms with E-state index in [-0.39, 0.29) is 30.3 Å². The summed E-state index contributed by atoms with van der Waals surface area (Å²) in [5.74, 6) is 0.229. The van der Waals surface area contributed by atoms with Crippen LogP contribution in [0.2, 0.25) is 0 Å². The molecule has 1 aromatic rings. The molecule has 0 aromatic heterocycles. The lowest BCUT2D eigenvalue weighted by Gasteiger charge is -2.22. The smallest absolute Gasteiger partial charge is 0.337 e. The molecule has 1 saturated carbocycles. The highest BCUT2D eigenvalue weighted by atomic mass is 35.5. The summed E-state index contributed by atoms with van der Waals surface area (Å²) in [5, 5.41) is 6.36. The van der Waals surface area contributed by atoms with E-state index in [4.69, 9.17) is 0 Å². The zero-order valence-electron chi connectivity index (χ0n) is 12.5. The van der Waals surface area contributed by atoms with Crippen LogP contribution in [0.4, 0.5) is 0 Å². The number of amides is 1. The summed E-state index contributed by atoms with van der Waals surface area (Å²) in [6.45, 7) is 0.482. The molecule has 0 unspecified atom stereocenters. The highest BCUT2D eigenvalue weighted by Gasteiger charge is 2.42. The number of carbonyl (C=O) groups excluding carboxylic acids is 2. The Labute approximate surface area is 136 Å². The van der Waals surface area contributed by atoms with Crippen LogP contribution in [0.25, 0.3) is 0 Å². The van der Waals surface area contributed by atoms with Crippen LogP contribution in [-0.2, 0) is 16.1 Å². The first-order chi connectivity index (χ1) is 10.2. The molecule has 3 atom stereocenters. The number of hydrogen-bond acceptors (Lipinski definition) is 4. The number of hydrogen-bond donors (Lipinski definition) is 2. The van der Waals surface area contributed by atoms with Crippen molar-refractivity contribution in [2.24, 2.45) is 5.92 Å². The fraction of sp³-hybridized carbons (Fsp3) is 0.500. The molecule has 2 fully saturated rings. The maximum atomic E-state index is 12.2. The van der Waals surface area contributed by atoms with E-state index in [2.05, 4.69) is 15.4 Å². The first-order valence-corrected chi connectivity index (χ1v) is 7.38. The minimum atomic E-state index is -0.350. The zero-order chi connectivity index (χ0) is 14.8. The molecule has 6 heteroatoms. The predicted octanol–water partition coefficient (Wildman–Crippen LogP) is 1.65. The van der Waals surface area contributed by atoms with Crippen LogP contribution in [0.3, 0.4) is 0 Å². The first kappa shape index (κ1) is 16.8. The lowest BCUT2D eigenvalue weighted by atomic mass is 9.99. The van der Waals surface area contributed by atoms with Gasteiger partial charge in [-0.2, -0.15) is 0 Å². The molecule has 2 bridgehead atoms. The van der Waals surface area contributed by atoms with Crippen molar-refractivity contribution in [1.29, 1.82) is 0 Å². The van der Waals surface area contributed by atoms with E-state index in [0.29, 0.717) is 24.1 Å². The van der Waals surface area contributed by atoms with Crippen LogP contribution in [0.1, 0.15) is 35.2 Å². The van der Waals surface area contributed by atoms with Crippen molar-refractivity contribution >= 4 is 24.3 Å². The van der Waals surface area contributed by atoms with Crippen molar-refractivity contribution in [1.82, 2.24) is 10.6 Å². The molecular weight excluding hydrogens is 304 g/mol. The molecule has 1 aliphatic heterocycles. The lowest BCUT2D eigenvalue weighted by molar-refractivity contribution is -0.124. The molecular formula is C16H21ClN2O3. The fourth-order valence-electron chi connectivity index (χ4n) is 3.33. The van der Waals surface area contributed by atoms with Crippen molar-refractivity contribution in [2.45, 2.75) is 37.9 Å². The standard InChI is InChI=1S/C16H20N2O3.ClH/c1-21-16(20)11-4-2-10(3-5-11)9-17-15(19)14-12-6-7-13(8-12)18-14;/h2-5,12-14,18H,6-9H2,1H3,(H,17,19);1H/t12-,13-,14-;/m1./s1. The Morgan fingerprint density at radius 2 is 2.00 bits per heavy atom. The van der Waals surface area contributed by atoms with Gasteiger partial charge in [0, 0.05) is 12.6 Å². The van der Waals surface area contributed by atoms with E-state index in [9.17, 15) is 9.59 Å². The molecule has 22 heavy (non-hydrogen) atoms. The van der Waals surface area contributed by atoms with Crippen molar-refractivity contribution in [3.8, 4) is 0 Å². The van der Waals surface area contributed by atoms with Gasteiger partial charge in [-0.15, -0.1) is 12.4 Å². The molecule has 5 nitrogen and oxygen atoms in total. The Bertz CT molecular complexity index is 547. The largest absolute Gasteiger partial charge is 0.465 e. The van der Waals surface area contributed by atoms with Gasteiger partial charge in [-0.1, -0.05) is 12.1 Å². The van der Waals surface area contributed by atoms with Crippen molar-refractivity contribution in [2.75, 3.05) is 7.11 Å². The monoisotopic (exact) mass is 324 g/mol. The van der Waals surface area contributed by atoms with Gasteiger partial charge in [-0.3, -0.25) is 4.79 Å². The molecule has 120 valence electrons. The maximum absolute atomic E-state index is 12.2. The number of halogens is 1. The molecule has 2 aliphatic rings. The summed E-state index contributed by atoms with van der Waals surface area (Å²) in [5.41, 5.74) is 1.49. The molecule has 1 aliphatic carbocycles. The van der Waals surface area contributed by atoms with Crippen LogP contribution in [0.5, 0.6) is 0 Å². The van der Waals surface area contributed by atoms with E-state index in [0.717, 1.165) is 18.4 Å². The summed E-state index contributed by atoms with van der Waals surface area (Å²) >= 11 is 0. The second kappa shape index (κ2) is 7.11. The fourth-order valence-corrected chi connectivity index (χ4v) is 3.33. The zero-order valence-corrected chi connectivity index (χ0v) is 13.3. The lowest BCUT2D eigenvalue weighted by Crippen LogP contribution is -2.47. The average molecular weight is 325 g/mol. The van der Waals surface area contributed by atoms with Gasteiger partial charge < -0.3 is 15.4 Å². The number of benzene rings is 1.